The second-order valence-electron chi connectivity index (χ2n) is 11.3. The Hall–Kier alpha value is -1.97. The van der Waals surface area contributed by atoms with Gasteiger partial charge in [0.25, 0.3) is 0 Å². The van der Waals surface area contributed by atoms with Gasteiger partial charge in [-0.25, -0.2) is 8.42 Å². The molecule has 0 spiro atoms. The molecule has 38 heavy (non-hydrogen) atoms. The van der Waals surface area contributed by atoms with Crippen molar-refractivity contribution in [2.24, 2.45) is 5.92 Å². The van der Waals surface area contributed by atoms with E-state index in [1.165, 1.54) is 30.3 Å². The van der Waals surface area contributed by atoms with E-state index in [1.807, 2.05) is 12.1 Å². The van der Waals surface area contributed by atoms with Crippen LogP contribution >= 0.6 is 0 Å². The average Bonchev–Trinajstić information content (AvgIpc) is 2.93. The number of hydrogen-bond donors (Lipinski definition) is 0. The fourth-order valence-electron chi connectivity index (χ4n) is 6.21. The maximum atomic E-state index is 11.7. The van der Waals surface area contributed by atoms with Gasteiger partial charge in [-0.2, -0.15) is 0 Å². The van der Waals surface area contributed by atoms with Crippen LogP contribution in [0.3, 0.4) is 0 Å². The first-order valence-corrected chi connectivity index (χ1v) is 16.2. The zero-order valence-corrected chi connectivity index (χ0v) is 23.7. The minimum absolute atomic E-state index is 0.397. The first kappa shape index (κ1) is 27.6. The van der Waals surface area contributed by atoms with Gasteiger partial charge in [-0.3, -0.25) is 14.7 Å². The van der Waals surface area contributed by atoms with Gasteiger partial charge in [0, 0.05) is 90.0 Å². The lowest BCUT2D eigenvalue weighted by atomic mass is 9.91. The molecule has 0 N–H and O–H groups in total. The SMILES string of the molecule is CS(=O)(=O)c1ccc(CN2CCN3CC(COCCCN4CCN(c5ccccc5)CC4)CCC3C2)cc1. The van der Waals surface area contributed by atoms with E-state index >= 15 is 0 Å². The summed E-state index contributed by atoms with van der Waals surface area (Å²) in [5.74, 6) is 0.649. The van der Waals surface area contributed by atoms with E-state index in [4.69, 9.17) is 4.74 Å². The predicted molar refractivity (Wildman–Crippen MR) is 153 cm³/mol. The lowest BCUT2D eigenvalue weighted by Crippen LogP contribution is -2.56. The van der Waals surface area contributed by atoms with Crippen molar-refractivity contribution in [1.29, 1.82) is 0 Å². The van der Waals surface area contributed by atoms with E-state index < -0.39 is 9.84 Å². The zero-order valence-electron chi connectivity index (χ0n) is 22.9. The molecule has 5 rings (SSSR count). The number of nitrogens with zero attached hydrogens (tertiary/aromatic N) is 4. The molecule has 2 unspecified atom stereocenters. The molecule has 3 fully saturated rings. The molecular formula is C30H44N4O3S. The van der Waals surface area contributed by atoms with E-state index in [0.29, 0.717) is 16.9 Å². The van der Waals surface area contributed by atoms with Crippen molar-refractivity contribution >= 4 is 15.5 Å². The Kier molecular flexibility index (Phi) is 9.38. The minimum Gasteiger partial charge on any atom is -0.381 e. The van der Waals surface area contributed by atoms with E-state index in [2.05, 4.69) is 49.9 Å². The number of anilines is 1. The third-order valence-corrected chi connectivity index (χ3v) is 9.59. The molecule has 2 atom stereocenters. The summed E-state index contributed by atoms with van der Waals surface area (Å²) >= 11 is 0. The number of piperazine rings is 2. The average molecular weight is 541 g/mol. The molecule has 3 saturated heterocycles. The highest BCUT2D eigenvalue weighted by Gasteiger charge is 2.32. The third kappa shape index (κ3) is 7.57. The maximum absolute atomic E-state index is 11.7. The summed E-state index contributed by atoms with van der Waals surface area (Å²) in [6, 6.07) is 18.8. The smallest absolute Gasteiger partial charge is 0.175 e. The molecule has 8 heteroatoms. The van der Waals surface area contributed by atoms with Gasteiger partial charge in [0.05, 0.1) is 11.5 Å². The Morgan fingerprint density at radius 2 is 1.58 bits per heavy atom. The van der Waals surface area contributed by atoms with Crippen molar-refractivity contribution in [3.05, 3.63) is 60.2 Å². The van der Waals surface area contributed by atoms with Crippen molar-refractivity contribution in [3.63, 3.8) is 0 Å². The van der Waals surface area contributed by atoms with Crippen LogP contribution in [-0.2, 0) is 21.1 Å². The van der Waals surface area contributed by atoms with Crippen LogP contribution < -0.4 is 4.90 Å². The fourth-order valence-corrected chi connectivity index (χ4v) is 6.84. The Labute approximate surface area is 229 Å². The molecule has 0 saturated carbocycles. The van der Waals surface area contributed by atoms with Crippen LogP contribution in [0, 0.1) is 5.92 Å². The predicted octanol–water partition coefficient (Wildman–Crippen LogP) is 3.22. The fraction of sp³-hybridized carbons (Fsp3) is 0.600. The molecule has 2 aromatic carbocycles. The monoisotopic (exact) mass is 540 g/mol. The van der Waals surface area contributed by atoms with Crippen molar-refractivity contribution < 1.29 is 13.2 Å². The van der Waals surface area contributed by atoms with Gasteiger partial charge < -0.3 is 9.64 Å². The Morgan fingerprint density at radius 3 is 2.32 bits per heavy atom. The summed E-state index contributed by atoms with van der Waals surface area (Å²) in [5, 5.41) is 0. The van der Waals surface area contributed by atoms with Gasteiger partial charge in [0.15, 0.2) is 9.84 Å². The van der Waals surface area contributed by atoms with Gasteiger partial charge in [0.2, 0.25) is 0 Å². The number of benzene rings is 2. The van der Waals surface area contributed by atoms with Gasteiger partial charge in [-0.1, -0.05) is 30.3 Å². The largest absolute Gasteiger partial charge is 0.381 e. The minimum atomic E-state index is -3.13. The second kappa shape index (κ2) is 12.9. The standard InChI is InChI=1S/C30H44N4O3S/c1-38(35,36)30-12-9-26(10-13-30)22-32-17-20-34-23-27(8-11-29(34)24-32)25-37-21-5-14-31-15-18-33(19-16-31)28-6-3-2-4-7-28/h2-4,6-7,9-10,12-13,27,29H,5,8,11,14-25H2,1H3. The number of ether oxygens (including phenoxy) is 1. The normalized spacial score (nSPS) is 23.9. The van der Waals surface area contributed by atoms with Gasteiger partial charge >= 0.3 is 0 Å². The highest BCUT2D eigenvalue weighted by Crippen LogP contribution is 2.26. The number of rotatable bonds is 10. The van der Waals surface area contributed by atoms with E-state index in [-0.39, 0.29) is 0 Å². The summed E-state index contributed by atoms with van der Waals surface area (Å²) in [6.07, 6.45) is 4.87. The summed E-state index contributed by atoms with van der Waals surface area (Å²) in [5.41, 5.74) is 2.53. The molecule has 0 radical (unpaired) electrons. The summed E-state index contributed by atoms with van der Waals surface area (Å²) in [6.45, 7) is 12.7. The highest BCUT2D eigenvalue weighted by atomic mass is 32.2. The van der Waals surface area contributed by atoms with Crippen molar-refractivity contribution in [1.82, 2.24) is 14.7 Å². The van der Waals surface area contributed by atoms with Crippen LogP contribution in [0.15, 0.2) is 59.5 Å². The van der Waals surface area contributed by atoms with Crippen LogP contribution in [0.1, 0.15) is 24.8 Å². The molecule has 0 aliphatic carbocycles. The zero-order chi connectivity index (χ0) is 26.4. The van der Waals surface area contributed by atoms with Crippen molar-refractivity contribution in [3.8, 4) is 0 Å². The maximum Gasteiger partial charge on any atom is 0.175 e. The summed E-state index contributed by atoms with van der Waals surface area (Å²) < 4.78 is 29.6. The molecule has 3 heterocycles. The molecule has 2 aromatic rings. The van der Waals surface area contributed by atoms with E-state index in [0.717, 1.165) is 85.1 Å². The number of sulfone groups is 1. The van der Waals surface area contributed by atoms with E-state index in [1.54, 1.807) is 12.1 Å². The van der Waals surface area contributed by atoms with Gasteiger partial charge in [-0.05, 0) is 55.0 Å². The molecule has 0 amide bonds. The number of piperidine rings is 1. The highest BCUT2D eigenvalue weighted by molar-refractivity contribution is 7.90. The number of hydrogen-bond acceptors (Lipinski definition) is 7. The molecule has 208 valence electrons. The molecule has 3 aliphatic heterocycles. The van der Waals surface area contributed by atoms with Gasteiger partial charge in [0.1, 0.15) is 0 Å². The number of fused-ring (bicyclic) bond motifs is 1. The van der Waals surface area contributed by atoms with Crippen molar-refractivity contribution in [2.75, 3.05) is 83.3 Å². The Bertz CT molecular complexity index is 1100. The van der Waals surface area contributed by atoms with Crippen LogP contribution in [0.4, 0.5) is 5.69 Å². The Morgan fingerprint density at radius 1 is 0.842 bits per heavy atom. The summed E-state index contributed by atoms with van der Waals surface area (Å²) in [7, 11) is -3.13. The van der Waals surface area contributed by atoms with Crippen LogP contribution in [-0.4, -0.2) is 108 Å². The quantitative estimate of drug-likeness (QED) is 0.429. The topological polar surface area (TPSA) is 56.3 Å². The first-order chi connectivity index (χ1) is 18.4. The van der Waals surface area contributed by atoms with Crippen LogP contribution in [0.2, 0.25) is 0 Å². The molecule has 7 nitrogen and oxygen atoms in total. The van der Waals surface area contributed by atoms with E-state index in [9.17, 15) is 8.42 Å². The Balaban J connectivity index is 0.946. The lowest BCUT2D eigenvalue weighted by molar-refractivity contribution is -0.00307. The number of para-hydroxylation sites is 1. The molecule has 3 aliphatic rings. The third-order valence-electron chi connectivity index (χ3n) is 8.46. The summed E-state index contributed by atoms with van der Waals surface area (Å²) in [4.78, 5) is 10.7. The first-order valence-electron chi connectivity index (χ1n) is 14.3. The lowest BCUT2D eigenvalue weighted by Gasteiger charge is -2.46. The van der Waals surface area contributed by atoms with Gasteiger partial charge in [-0.15, -0.1) is 0 Å². The van der Waals surface area contributed by atoms with Crippen LogP contribution in [0.25, 0.3) is 0 Å². The molecule has 0 aromatic heterocycles. The van der Waals surface area contributed by atoms with Crippen molar-refractivity contribution in [2.45, 2.75) is 36.7 Å². The molecule has 0 bridgehead atoms. The molecular weight excluding hydrogens is 496 g/mol. The van der Waals surface area contributed by atoms with Crippen LogP contribution in [0.5, 0.6) is 0 Å². The second-order valence-corrected chi connectivity index (χ2v) is 13.4.